The predicted molar refractivity (Wildman–Crippen MR) is 52.5 cm³/mol. The minimum absolute atomic E-state index is 0.365. The van der Waals surface area contributed by atoms with Gasteiger partial charge in [0.25, 0.3) is 0 Å². The first-order valence-electron chi connectivity index (χ1n) is 4.99. The third kappa shape index (κ3) is 1.63. The molecule has 2 nitrogen and oxygen atoms in total. The Morgan fingerprint density at radius 2 is 2.23 bits per heavy atom. The highest BCUT2D eigenvalue weighted by molar-refractivity contribution is 5.09. The van der Waals surface area contributed by atoms with Crippen LogP contribution >= 0.6 is 0 Å². The van der Waals surface area contributed by atoms with Gasteiger partial charge in [-0.1, -0.05) is 6.42 Å². The standard InChI is InChI=1S/C11H17NO/c1-9-3-4-10(13-9)7-11(8-12)5-2-6-11/h3-4H,2,5-8,12H2,1H3. The lowest BCUT2D eigenvalue weighted by molar-refractivity contribution is 0.135. The van der Waals surface area contributed by atoms with Gasteiger partial charge < -0.3 is 10.2 Å². The van der Waals surface area contributed by atoms with Gasteiger partial charge in [0, 0.05) is 6.42 Å². The lowest BCUT2D eigenvalue weighted by Crippen LogP contribution is -2.39. The first-order valence-corrected chi connectivity index (χ1v) is 4.99. The van der Waals surface area contributed by atoms with Crippen LogP contribution in [0.2, 0.25) is 0 Å². The van der Waals surface area contributed by atoms with Gasteiger partial charge in [-0.3, -0.25) is 0 Å². The quantitative estimate of drug-likeness (QED) is 0.773. The number of hydrogen-bond donors (Lipinski definition) is 1. The predicted octanol–water partition coefficient (Wildman–Crippen LogP) is 2.26. The molecule has 0 saturated heterocycles. The van der Waals surface area contributed by atoms with Gasteiger partial charge in [0.2, 0.25) is 0 Å². The normalized spacial score (nSPS) is 19.8. The summed E-state index contributed by atoms with van der Waals surface area (Å²) in [5, 5.41) is 0. The van der Waals surface area contributed by atoms with Gasteiger partial charge in [0.05, 0.1) is 0 Å². The summed E-state index contributed by atoms with van der Waals surface area (Å²) in [5.41, 5.74) is 6.15. The summed E-state index contributed by atoms with van der Waals surface area (Å²) in [5.74, 6) is 2.10. The maximum Gasteiger partial charge on any atom is 0.104 e. The zero-order chi connectivity index (χ0) is 9.31. The maximum atomic E-state index is 5.78. The molecule has 0 bridgehead atoms. The van der Waals surface area contributed by atoms with E-state index in [9.17, 15) is 0 Å². The van der Waals surface area contributed by atoms with Crippen LogP contribution in [-0.4, -0.2) is 6.54 Å². The van der Waals surface area contributed by atoms with Crippen molar-refractivity contribution in [3.05, 3.63) is 23.7 Å². The molecule has 1 aliphatic carbocycles. The van der Waals surface area contributed by atoms with Crippen LogP contribution in [-0.2, 0) is 6.42 Å². The smallest absolute Gasteiger partial charge is 0.104 e. The first-order chi connectivity index (χ1) is 6.24. The zero-order valence-electron chi connectivity index (χ0n) is 8.18. The molecule has 0 aliphatic heterocycles. The molecular weight excluding hydrogens is 162 g/mol. The molecule has 1 heterocycles. The van der Waals surface area contributed by atoms with Crippen LogP contribution in [0.15, 0.2) is 16.5 Å². The fourth-order valence-electron chi connectivity index (χ4n) is 2.08. The van der Waals surface area contributed by atoms with E-state index < -0.39 is 0 Å². The fourth-order valence-corrected chi connectivity index (χ4v) is 2.08. The van der Waals surface area contributed by atoms with Crippen LogP contribution in [0, 0.1) is 12.3 Å². The monoisotopic (exact) mass is 179 g/mol. The molecule has 1 fully saturated rings. The molecule has 1 saturated carbocycles. The first kappa shape index (κ1) is 8.82. The molecule has 2 N–H and O–H groups in total. The largest absolute Gasteiger partial charge is 0.466 e. The van der Waals surface area contributed by atoms with E-state index in [1.165, 1.54) is 19.3 Å². The van der Waals surface area contributed by atoms with Gasteiger partial charge in [-0.05, 0) is 43.9 Å². The second-order valence-corrected chi connectivity index (χ2v) is 4.25. The summed E-state index contributed by atoms with van der Waals surface area (Å²) < 4.78 is 5.56. The summed E-state index contributed by atoms with van der Waals surface area (Å²) in [4.78, 5) is 0. The third-order valence-electron chi connectivity index (χ3n) is 3.19. The molecule has 1 aromatic rings. The van der Waals surface area contributed by atoms with Crippen molar-refractivity contribution < 1.29 is 4.42 Å². The second-order valence-electron chi connectivity index (χ2n) is 4.25. The summed E-state index contributed by atoms with van der Waals surface area (Å²) in [6.07, 6.45) is 4.89. The highest BCUT2D eigenvalue weighted by Crippen LogP contribution is 2.42. The van der Waals surface area contributed by atoms with Crippen LogP contribution in [0.4, 0.5) is 0 Å². The average molecular weight is 179 g/mol. The van der Waals surface area contributed by atoms with Crippen LogP contribution in [0.3, 0.4) is 0 Å². The van der Waals surface area contributed by atoms with Gasteiger partial charge in [-0.15, -0.1) is 0 Å². The Morgan fingerprint density at radius 1 is 1.46 bits per heavy atom. The van der Waals surface area contributed by atoms with Crippen molar-refractivity contribution in [2.24, 2.45) is 11.1 Å². The molecule has 0 aromatic carbocycles. The van der Waals surface area contributed by atoms with Crippen molar-refractivity contribution in [3.63, 3.8) is 0 Å². The summed E-state index contributed by atoms with van der Waals surface area (Å²) in [6.45, 7) is 2.78. The Morgan fingerprint density at radius 3 is 2.62 bits per heavy atom. The molecule has 1 aliphatic rings. The number of nitrogens with two attached hydrogens (primary N) is 1. The van der Waals surface area contributed by atoms with E-state index in [0.29, 0.717) is 5.41 Å². The highest BCUT2D eigenvalue weighted by Gasteiger charge is 2.36. The molecule has 0 unspecified atom stereocenters. The SMILES string of the molecule is Cc1ccc(CC2(CN)CCC2)o1. The van der Waals surface area contributed by atoms with E-state index in [1.807, 2.05) is 13.0 Å². The van der Waals surface area contributed by atoms with Crippen molar-refractivity contribution in [1.29, 1.82) is 0 Å². The topological polar surface area (TPSA) is 39.2 Å². The second kappa shape index (κ2) is 3.18. The molecule has 1 aromatic heterocycles. The van der Waals surface area contributed by atoms with Crippen molar-refractivity contribution in [3.8, 4) is 0 Å². The molecule has 13 heavy (non-hydrogen) atoms. The Kier molecular flexibility index (Phi) is 2.16. The molecular formula is C11H17NO. The third-order valence-corrected chi connectivity index (χ3v) is 3.19. The van der Waals surface area contributed by atoms with Crippen molar-refractivity contribution in [2.75, 3.05) is 6.54 Å². The maximum absolute atomic E-state index is 5.78. The van der Waals surface area contributed by atoms with Crippen molar-refractivity contribution in [2.45, 2.75) is 32.6 Å². The van der Waals surface area contributed by atoms with E-state index in [0.717, 1.165) is 24.5 Å². The van der Waals surface area contributed by atoms with Crippen LogP contribution in [0.5, 0.6) is 0 Å². The van der Waals surface area contributed by atoms with Crippen LogP contribution in [0.25, 0.3) is 0 Å². The lowest BCUT2D eigenvalue weighted by atomic mass is 9.66. The Hall–Kier alpha value is -0.760. The van der Waals surface area contributed by atoms with E-state index in [-0.39, 0.29) is 0 Å². The van der Waals surface area contributed by atoms with Crippen LogP contribution < -0.4 is 5.73 Å². The van der Waals surface area contributed by atoms with Gasteiger partial charge in [-0.25, -0.2) is 0 Å². The molecule has 0 radical (unpaired) electrons. The number of aryl methyl sites for hydroxylation is 1. The number of furan rings is 1. The van der Waals surface area contributed by atoms with Crippen molar-refractivity contribution >= 4 is 0 Å². The van der Waals surface area contributed by atoms with Crippen LogP contribution in [0.1, 0.15) is 30.8 Å². The fraction of sp³-hybridized carbons (Fsp3) is 0.636. The van der Waals surface area contributed by atoms with Gasteiger partial charge >= 0.3 is 0 Å². The summed E-state index contributed by atoms with van der Waals surface area (Å²) in [7, 11) is 0. The Labute approximate surface area is 79.1 Å². The minimum Gasteiger partial charge on any atom is -0.466 e. The Bertz CT molecular complexity index is 281. The van der Waals surface area contributed by atoms with Crippen molar-refractivity contribution in [1.82, 2.24) is 0 Å². The minimum atomic E-state index is 0.365. The number of hydrogen-bond acceptors (Lipinski definition) is 2. The highest BCUT2D eigenvalue weighted by atomic mass is 16.3. The van der Waals surface area contributed by atoms with E-state index in [2.05, 4.69) is 6.07 Å². The molecule has 0 atom stereocenters. The van der Waals surface area contributed by atoms with Gasteiger partial charge in [0.15, 0.2) is 0 Å². The Balaban J connectivity index is 2.04. The molecule has 0 amide bonds. The average Bonchev–Trinajstić information content (AvgIpc) is 2.44. The summed E-state index contributed by atoms with van der Waals surface area (Å²) in [6, 6.07) is 4.10. The number of rotatable bonds is 3. The lowest BCUT2D eigenvalue weighted by Gasteiger charge is -2.40. The van der Waals surface area contributed by atoms with E-state index in [1.54, 1.807) is 0 Å². The molecule has 2 heteroatoms. The molecule has 72 valence electrons. The molecule has 0 spiro atoms. The zero-order valence-corrected chi connectivity index (χ0v) is 8.18. The summed E-state index contributed by atoms with van der Waals surface area (Å²) >= 11 is 0. The van der Waals surface area contributed by atoms with E-state index in [4.69, 9.17) is 10.2 Å². The van der Waals surface area contributed by atoms with Gasteiger partial charge in [0.1, 0.15) is 11.5 Å². The molecule has 2 rings (SSSR count). The van der Waals surface area contributed by atoms with Gasteiger partial charge in [-0.2, -0.15) is 0 Å². The van der Waals surface area contributed by atoms with E-state index >= 15 is 0 Å².